The van der Waals surface area contributed by atoms with Gasteiger partial charge in [-0.25, -0.2) is 0 Å². The van der Waals surface area contributed by atoms with E-state index in [9.17, 15) is 4.79 Å². The summed E-state index contributed by atoms with van der Waals surface area (Å²) >= 11 is 0. The Hall–Kier alpha value is -2.11. The number of hydrogen-bond donors (Lipinski definition) is 2. The van der Waals surface area contributed by atoms with Crippen LogP contribution in [0.2, 0.25) is 0 Å². The number of nitrogens with zero attached hydrogens (tertiary/aromatic N) is 3. The first-order valence-electron chi connectivity index (χ1n) is 5.34. The van der Waals surface area contributed by atoms with E-state index in [0.29, 0.717) is 17.3 Å². The van der Waals surface area contributed by atoms with Gasteiger partial charge in [-0.3, -0.25) is 9.78 Å². The standard InChI is InChI=1S/C11H14N4O2/c1-15(8-3-4-8)11(16)9-5-2-7(6-13-9)10(12)14-17/h2,5-6,8,17H,3-4H2,1H3,(H2,12,14). The van der Waals surface area contributed by atoms with Crippen LogP contribution in [-0.2, 0) is 0 Å². The first kappa shape index (κ1) is 11.4. The van der Waals surface area contributed by atoms with Crippen LogP contribution in [0.3, 0.4) is 0 Å². The van der Waals surface area contributed by atoms with Gasteiger partial charge in [0, 0.05) is 24.8 Å². The van der Waals surface area contributed by atoms with Gasteiger partial charge < -0.3 is 15.8 Å². The maximum Gasteiger partial charge on any atom is 0.272 e. The van der Waals surface area contributed by atoms with Crippen molar-refractivity contribution < 1.29 is 10.0 Å². The number of pyridine rings is 1. The second kappa shape index (κ2) is 4.40. The lowest BCUT2D eigenvalue weighted by Crippen LogP contribution is -2.29. The maximum atomic E-state index is 11.9. The molecule has 0 unspecified atom stereocenters. The lowest BCUT2D eigenvalue weighted by molar-refractivity contribution is 0.0779. The van der Waals surface area contributed by atoms with E-state index in [4.69, 9.17) is 10.9 Å². The lowest BCUT2D eigenvalue weighted by Gasteiger charge is -2.15. The first-order chi connectivity index (χ1) is 8.13. The molecule has 0 bridgehead atoms. The normalized spacial score (nSPS) is 15.7. The molecule has 3 N–H and O–H groups in total. The third-order valence-corrected chi connectivity index (χ3v) is 2.80. The summed E-state index contributed by atoms with van der Waals surface area (Å²) < 4.78 is 0. The van der Waals surface area contributed by atoms with Crippen molar-refractivity contribution in [3.63, 3.8) is 0 Å². The number of amidine groups is 1. The third-order valence-electron chi connectivity index (χ3n) is 2.80. The van der Waals surface area contributed by atoms with Gasteiger partial charge in [-0.05, 0) is 25.0 Å². The summed E-state index contributed by atoms with van der Waals surface area (Å²) in [6.07, 6.45) is 3.54. The molecule has 90 valence electrons. The van der Waals surface area contributed by atoms with Crippen LogP contribution in [0.1, 0.15) is 28.9 Å². The number of carbonyl (C=O) groups is 1. The van der Waals surface area contributed by atoms with Gasteiger partial charge >= 0.3 is 0 Å². The highest BCUT2D eigenvalue weighted by atomic mass is 16.4. The van der Waals surface area contributed by atoms with E-state index in [1.807, 2.05) is 0 Å². The average Bonchev–Trinajstić information content (AvgIpc) is 3.20. The largest absolute Gasteiger partial charge is 0.409 e. The monoisotopic (exact) mass is 234 g/mol. The highest BCUT2D eigenvalue weighted by Crippen LogP contribution is 2.26. The molecule has 1 heterocycles. The second-order valence-electron chi connectivity index (χ2n) is 4.06. The van der Waals surface area contributed by atoms with E-state index in [1.165, 1.54) is 6.20 Å². The molecule has 0 atom stereocenters. The van der Waals surface area contributed by atoms with Crippen molar-refractivity contribution >= 4 is 11.7 Å². The molecule has 2 rings (SSSR count). The summed E-state index contributed by atoms with van der Waals surface area (Å²) in [5, 5.41) is 11.4. The zero-order valence-electron chi connectivity index (χ0n) is 9.50. The van der Waals surface area contributed by atoms with E-state index in [2.05, 4.69) is 10.1 Å². The van der Waals surface area contributed by atoms with Crippen molar-refractivity contribution in [1.82, 2.24) is 9.88 Å². The highest BCUT2D eigenvalue weighted by Gasteiger charge is 2.30. The van der Waals surface area contributed by atoms with Gasteiger partial charge in [-0.15, -0.1) is 0 Å². The molecule has 1 aliphatic carbocycles. The van der Waals surface area contributed by atoms with Crippen molar-refractivity contribution in [1.29, 1.82) is 0 Å². The number of nitrogens with two attached hydrogens (primary N) is 1. The molecule has 6 heteroatoms. The molecule has 0 radical (unpaired) electrons. The molecular weight excluding hydrogens is 220 g/mol. The number of hydrogen-bond acceptors (Lipinski definition) is 4. The van der Waals surface area contributed by atoms with E-state index in [1.54, 1.807) is 24.1 Å². The Morgan fingerprint density at radius 3 is 2.76 bits per heavy atom. The number of amides is 1. The molecule has 0 spiro atoms. The minimum absolute atomic E-state index is 0.0213. The fraction of sp³-hybridized carbons (Fsp3) is 0.364. The van der Waals surface area contributed by atoms with E-state index in [-0.39, 0.29) is 11.7 Å². The Bertz CT molecular complexity index is 451. The van der Waals surface area contributed by atoms with E-state index in [0.717, 1.165) is 12.8 Å². The molecule has 1 aliphatic rings. The molecule has 17 heavy (non-hydrogen) atoms. The summed E-state index contributed by atoms with van der Waals surface area (Å²) in [5.74, 6) is -0.120. The van der Waals surface area contributed by atoms with Crippen molar-refractivity contribution in [2.75, 3.05) is 7.05 Å². The van der Waals surface area contributed by atoms with Gasteiger partial charge in [0.15, 0.2) is 5.84 Å². The zero-order valence-corrected chi connectivity index (χ0v) is 9.50. The van der Waals surface area contributed by atoms with Crippen molar-refractivity contribution in [2.45, 2.75) is 18.9 Å². The fourth-order valence-corrected chi connectivity index (χ4v) is 1.54. The number of aromatic nitrogens is 1. The topological polar surface area (TPSA) is 91.8 Å². The molecule has 1 saturated carbocycles. The van der Waals surface area contributed by atoms with Crippen LogP contribution in [0, 0.1) is 0 Å². The molecule has 0 aliphatic heterocycles. The fourth-order valence-electron chi connectivity index (χ4n) is 1.54. The van der Waals surface area contributed by atoms with Gasteiger partial charge in [0.2, 0.25) is 0 Å². The SMILES string of the molecule is CN(C(=O)c1ccc(C(N)=NO)cn1)C1CC1. The van der Waals surface area contributed by atoms with Crippen LogP contribution in [-0.4, -0.2) is 39.9 Å². The van der Waals surface area contributed by atoms with Gasteiger partial charge in [0.05, 0.1) is 0 Å². The smallest absolute Gasteiger partial charge is 0.272 e. The quantitative estimate of drug-likeness (QED) is 0.343. The molecule has 1 fully saturated rings. The Kier molecular flexibility index (Phi) is 2.95. The van der Waals surface area contributed by atoms with Crippen molar-refractivity contribution in [2.24, 2.45) is 10.9 Å². The summed E-state index contributed by atoms with van der Waals surface area (Å²) in [5.41, 5.74) is 6.26. The number of oxime groups is 1. The van der Waals surface area contributed by atoms with Crippen molar-refractivity contribution in [3.05, 3.63) is 29.6 Å². The van der Waals surface area contributed by atoms with Crippen LogP contribution in [0.15, 0.2) is 23.5 Å². The van der Waals surface area contributed by atoms with E-state index >= 15 is 0 Å². The molecule has 1 amide bonds. The van der Waals surface area contributed by atoms with Crippen LogP contribution < -0.4 is 5.73 Å². The molecule has 0 aromatic carbocycles. The third kappa shape index (κ3) is 2.35. The molecule has 1 aromatic heterocycles. The van der Waals surface area contributed by atoms with Gasteiger partial charge in [-0.2, -0.15) is 0 Å². The van der Waals surface area contributed by atoms with Crippen LogP contribution in [0.5, 0.6) is 0 Å². The minimum Gasteiger partial charge on any atom is -0.409 e. The van der Waals surface area contributed by atoms with Crippen LogP contribution >= 0.6 is 0 Å². The van der Waals surface area contributed by atoms with Gasteiger partial charge in [0.1, 0.15) is 5.69 Å². The lowest BCUT2D eigenvalue weighted by atomic mass is 10.2. The van der Waals surface area contributed by atoms with Crippen LogP contribution in [0.25, 0.3) is 0 Å². The maximum absolute atomic E-state index is 11.9. The highest BCUT2D eigenvalue weighted by molar-refractivity contribution is 5.98. The summed E-state index contributed by atoms with van der Waals surface area (Å²) in [6, 6.07) is 3.54. The van der Waals surface area contributed by atoms with Crippen LogP contribution in [0.4, 0.5) is 0 Å². The average molecular weight is 234 g/mol. The summed E-state index contributed by atoms with van der Waals surface area (Å²) in [6.45, 7) is 0. The molecular formula is C11H14N4O2. The number of carbonyl (C=O) groups excluding carboxylic acids is 1. The molecule has 0 saturated heterocycles. The second-order valence-corrected chi connectivity index (χ2v) is 4.06. The molecule has 1 aromatic rings. The molecule has 6 nitrogen and oxygen atoms in total. The first-order valence-corrected chi connectivity index (χ1v) is 5.34. The Morgan fingerprint density at radius 1 is 1.59 bits per heavy atom. The summed E-state index contributed by atoms with van der Waals surface area (Å²) in [4.78, 5) is 17.6. The van der Waals surface area contributed by atoms with Gasteiger partial charge in [-0.1, -0.05) is 5.16 Å². The van der Waals surface area contributed by atoms with E-state index < -0.39 is 0 Å². The number of rotatable bonds is 3. The predicted octanol–water partition coefficient (Wildman–Crippen LogP) is 0.410. The Labute approximate surface area is 98.7 Å². The minimum atomic E-state index is -0.0986. The Morgan fingerprint density at radius 2 is 2.29 bits per heavy atom. The van der Waals surface area contributed by atoms with Crippen molar-refractivity contribution in [3.8, 4) is 0 Å². The van der Waals surface area contributed by atoms with Gasteiger partial charge in [0.25, 0.3) is 5.91 Å². The zero-order chi connectivity index (χ0) is 12.4. The summed E-state index contributed by atoms with van der Waals surface area (Å²) in [7, 11) is 1.78. The predicted molar refractivity (Wildman–Crippen MR) is 61.9 cm³/mol. The Balaban J connectivity index is 2.14.